The molecule has 20 heavy (non-hydrogen) atoms. The molecule has 2 atom stereocenters. The Bertz CT molecular complexity index is 438. The summed E-state index contributed by atoms with van der Waals surface area (Å²) in [7, 11) is 1.73. The maximum absolute atomic E-state index is 6.08. The van der Waals surface area contributed by atoms with E-state index >= 15 is 0 Å². The molecule has 1 fully saturated rings. The second-order valence-electron chi connectivity index (χ2n) is 5.71. The van der Waals surface area contributed by atoms with E-state index < -0.39 is 0 Å². The largest absolute Gasteiger partial charge is 0.496 e. The zero-order chi connectivity index (χ0) is 14.5. The highest BCUT2D eigenvalue weighted by atomic mass is 79.9. The summed E-state index contributed by atoms with van der Waals surface area (Å²) in [4.78, 5) is 2.52. The van der Waals surface area contributed by atoms with E-state index in [1.54, 1.807) is 7.11 Å². The van der Waals surface area contributed by atoms with Crippen molar-refractivity contribution in [3.8, 4) is 5.75 Å². The van der Waals surface area contributed by atoms with Crippen LogP contribution in [0, 0.1) is 5.92 Å². The minimum absolute atomic E-state index is 0.243. The van der Waals surface area contributed by atoms with Crippen molar-refractivity contribution in [2.45, 2.75) is 32.2 Å². The van der Waals surface area contributed by atoms with Gasteiger partial charge >= 0.3 is 0 Å². The Hall–Kier alpha value is -0.580. The lowest BCUT2D eigenvalue weighted by atomic mass is 10.0. The summed E-state index contributed by atoms with van der Waals surface area (Å²) in [5.41, 5.74) is 7.28. The molecular weight excluding hydrogens is 316 g/mol. The van der Waals surface area contributed by atoms with Gasteiger partial charge in [0.2, 0.25) is 0 Å². The highest BCUT2D eigenvalue weighted by Crippen LogP contribution is 2.33. The van der Waals surface area contributed by atoms with Crippen LogP contribution < -0.4 is 10.5 Å². The van der Waals surface area contributed by atoms with Gasteiger partial charge in [-0.15, -0.1) is 0 Å². The molecule has 0 aromatic heterocycles. The Morgan fingerprint density at radius 3 is 2.90 bits per heavy atom. The lowest BCUT2D eigenvalue weighted by Crippen LogP contribution is -2.34. The topological polar surface area (TPSA) is 38.5 Å². The van der Waals surface area contributed by atoms with Crippen molar-refractivity contribution in [1.82, 2.24) is 4.90 Å². The number of benzene rings is 1. The molecule has 1 aromatic rings. The molecule has 1 aliphatic rings. The Kier molecular flexibility index (Phi) is 5.87. The van der Waals surface area contributed by atoms with Gasteiger partial charge in [-0.05, 0) is 56.5 Å². The first kappa shape index (κ1) is 15.8. The number of nitrogens with zero attached hydrogens (tertiary/aromatic N) is 1. The first-order chi connectivity index (χ1) is 9.65. The molecule has 2 unspecified atom stereocenters. The quantitative estimate of drug-likeness (QED) is 0.910. The van der Waals surface area contributed by atoms with Crippen LogP contribution in [0.25, 0.3) is 0 Å². The minimum atomic E-state index is 0.243. The van der Waals surface area contributed by atoms with E-state index in [1.807, 2.05) is 12.1 Å². The van der Waals surface area contributed by atoms with Gasteiger partial charge in [0, 0.05) is 16.6 Å². The summed E-state index contributed by atoms with van der Waals surface area (Å²) in [6.07, 6.45) is 3.84. The van der Waals surface area contributed by atoms with Gasteiger partial charge in [0.25, 0.3) is 0 Å². The summed E-state index contributed by atoms with van der Waals surface area (Å²) >= 11 is 3.56. The first-order valence-corrected chi connectivity index (χ1v) is 8.22. The summed E-state index contributed by atoms with van der Waals surface area (Å²) < 4.78 is 6.60. The molecule has 112 valence electrons. The van der Waals surface area contributed by atoms with E-state index in [0.717, 1.165) is 29.2 Å². The van der Waals surface area contributed by atoms with E-state index in [-0.39, 0.29) is 6.04 Å². The highest BCUT2D eigenvalue weighted by Gasteiger charge is 2.24. The second kappa shape index (κ2) is 7.43. The number of methoxy groups -OCH3 is 1. The number of hydrogen-bond donors (Lipinski definition) is 1. The Morgan fingerprint density at radius 1 is 1.40 bits per heavy atom. The molecule has 2 N–H and O–H groups in total. The molecule has 1 saturated heterocycles. The van der Waals surface area contributed by atoms with Crippen LogP contribution in [0.3, 0.4) is 0 Å². The molecule has 0 bridgehead atoms. The van der Waals surface area contributed by atoms with Crippen LogP contribution in [-0.2, 0) is 0 Å². The molecule has 3 nitrogen and oxygen atoms in total. The number of rotatable bonds is 4. The highest BCUT2D eigenvalue weighted by molar-refractivity contribution is 9.10. The van der Waals surface area contributed by atoms with Gasteiger partial charge in [-0.25, -0.2) is 0 Å². The molecule has 0 saturated carbocycles. The maximum Gasteiger partial charge on any atom is 0.123 e. The van der Waals surface area contributed by atoms with Crippen molar-refractivity contribution in [2.75, 3.05) is 26.7 Å². The van der Waals surface area contributed by atoms with Gasteiger partial charge in [0.15, 0.2) is 0 Å². The Balaban J connectivity index is 2.24. The van der Waals surface area contributed by atoms with Gasteiger partial charge in [0.05, 0.1) is 13.2 Å². The number of halogens is 1. The average molecular weight is 341 g/mol. The van der Waals surface area contributed by atoms with Gasteiger partial charge < -0.3 is 10.5 Å². The van der Waals surface area contributed by atoms with E-state index in [9.17, 15) is 0 Å². The second-order valence-corrected chi connectivity index (χ2v) is 6.63. The van der Waals surface area contributed by atoms with Gasteiger partial charge in [-0.3, -0.25) is 4.90 Å². The van der Waals surface area contributed by atoms with Crippen molar-refractivity contribution in [2.24, 2.45) is 11.7 Å². The molecule has 1 aliphatic heterocycles. The Morgan fingerprint density at radius 2 is 2.20 bits per heavy atom. The lowest BCUT2D eigenvalue weighted by molar-refractivity contribution is 0.203. The SMILES string of the molecule is COc1ccc(Br)cc1C(CN)N1CCCC(C)CC1. The molecule has 0 radical (unpaired) electrons. The van der Waals surface area contributed by atoms with E-state index in [2.05, 4.69) is 33.8 Å². The van der Waals surface area contributed by atoms with Crippen LogP contribution in [0.5, 0.6) is 5.75 Å². The number of nitrogens with two attached hydrogens (primary N) is 1. The number of ether oxygens (including phenoxy) is 1. The van der Waals surface area contributed by atoms with Crippen molar-refractivity contribution >= 4 is 15.9 Å². The third-order valence-corrected chi connectivity index (χ3v) is 4.76. The van der Waals surface area contributed by atoms with E-state index in [1.165, 1.54) is 24.8 Å². The van der Waals surface area contributed by atoms with Crippen LogP contribution in [0.1, 0.15) is 37.8 Å². The van der Waals surface area contributed by atoms with Crippen LogP contribution in [0.15, 0.2) is 22.7 Å². The fourth-order valence-corrected chi connectivity index (χ4v) is 3.41. The fourth-order valence-electron chi connectivity index (χ4n) is 3.04. The average Bonchev–Trinajstić information content (AvgIpc) is 2.65. The summed E-state index contributed by atoms with van der Waals surface area (Å²) in [5.74, 6) is 1.75. The van der Waals surface area contributed by atoms with Crippen LogP contribution in [-0.4, -0.2) is 31.6 Å². The van der Waals surface area contributed by atoms with Gasteiger partial charge in [0.1, 0.15) is 5.75 Å². The monoisotopic (exact) mass is 340 g/mol. The molecule has 4 heteroatoms. The molecular formula is C16H25BrN2O. The molecule has 0 amide bonds. The minimum Gasteiger partial charge on any atom is -0.496 e. The van der Waals surface area contributed by atoms with Crippen LogP contribution >= 0.6 is 15.9 Å². The molecule has 1 aromatic carbocycles. The van der Waals surface area contributed by atoms with Crippen molar-refractivity contribution in [3.05, 3.63) is 28.2 Å². The van der Waals surface area contributed by atoms with Crippen LogP contribution in [0.4, 0.5) is 0 Å². The standard InChI is InChI=1S/C16H25BrN2O/c1-12-4-3-8-19(9-7-12)15(11-18)14-10-13(17)5-6-16(14)20-2/h5-6,10,12,15H,3-4,7-9,11,18H2,1-2H3. The zero-order valence-corrected chi connectivity index (χ0v) is 14.0. The third kappa shape index (κ3) is 3.74. The summed E-state index contributed by atoms with van der Waals surface area (Å²) in [6.45, 7) is 5.22. The Labute approximate surface area is 130 Å². The molecule has 0 aliphatic carbocycles. The van der Waals surface area contributed by atoms with Crippen LogP contribution in [0.2, 0.25) is 0 Å². The van der Waals surface area contributed by atoms with E-state index in [0.29, 0.717) is 6.54 Å². The smallest absolute Gasteiger partial charge is 0.123 e. The third-order valence-electron chi connectivity index (χ3n) is 4.27. The fraction of sp³-hybridized carbons (Fsp3) is 0.625. The maximum atomic E-state index is 6.08. The van der Waals surface area contributed by atoms with Crippen molar-refractivity contribution in [3.63, 3.8) is 0 Å². The van der Waals surface area contributed by atoms with Gasteiger partial charge in [-0.1, -0.05) is 22.9 Å². The molecule has 1 heterocycles. The zero-order valence-electron chi connectivity index (χ0n) is 12.4. The first-order valence-electron chi connectivity index (χ1n) is 7.43. The predicted octanol–water partition coefficient (Wildman–Crippen LogP) is 3.58. The normalized spacial score (nSPS) is 22.3. The molecule has 0 spiro atoms. The number of hydrogen-bond acceptors (Lipinski definition) is 3. The predicted molar refractivity (Wildman–Crippen MR) is 87.1 cm³/mol. The van der Waals surface area contributed by atoms with Crippen molar-refractivity contribution < 1.29 is 4.74 Å². The molecule has 2 rings (SSSR count). The van der Waals surface area contributed by atoms with Gasteiger partial charge in [-0.2, -0.15) is 0 Å². The number of likely N-dealkylation sites (tertiary alicyclic amines) is 1. The summed E-state index contributed by atoms with van der Waals surface area (Å²) in [6, 6.07) is 6.42. The van der Waals surface area contributed by atoms with Crippen molar-refractivity contribution in [1.29, 1.82) is 0 Å². The lowest BCUT2D eigenvalue weighted by Gasteiger charge is -2.31. The summed E-state index contributed by atoms with van der Waals surface area (Å²) in [5, 5.41) is 0. The van der Waals surface area contributed by atoms with E-state index in [4.69, 9.17) is 10.5 Å².